The first-order chi connectivity index (χ1) is 19.6. The number of aromatic nitrogens is 2. The number of nitrogen functional groups attached to an aromatic ring is 1. The van der Waals surface area contributed by atoms with E-state index in [-0.39, 0.29) is 17.6 Å². The highest BCUT2D eigenvalue weighted by atomic mass is 19.4. The summed E-state index contributed by atoms with van der Waals surface area (Å²) in [7, 11) is 3.59. The van der Waals surface area contributed by atoms with Crippen LogP contribution in [0.2, 0.25) is 0 Å². The van der Waals surface area contributed by atoms with Gasteiger partial charge in [-0.25, -0.2) is 9.97 Å². The van der Waals surface area contributed by atoms with Crippen molar-refractivity contribution in [2.24, 2.45) is 5.73 Å². The van der Waals surface area contributed by atoms with Crippen LogP contribution in [0.3, 0.4) is 0 Å². The van der Waals surface area contributed by atoms with Gasteiger partial charge in [-0.15, -0.1) is 0 Å². The maximum atomic E-state index is 13.1. The molecule has 1 fully saturated rings. The molecule has 0 radical (unpaired) electrons. The van der Waals surface area contributed by atoms with E-state index in [1.165, 1.54) is 19.4 Å². The van der Waals surface area contributed by atoms with Crippen molar-refractivity contribution >= 4 is 35.5 Å². The molecular weight excluding hydrogens is 533 g/mol. The quantitative estimate of drug-likeness (QED) is 0.224. The largest absolute Gasteiger partial charge is 0.416 e. The van der Waals surface area contributed by atoms with Crippen molar-refractivity contribution in [1.29, 1.82) is 5.41 Å². The number of halogens is 3. The van der Waals surface area contributed by atoms with Crippen LogP contribution in [-0.4, -0.2) is 60.6 Å². The van der Waals surface area contributed by atoms with E-state index >= 15 is 0 Å². The predicted molar refractivity (Wildman–Crippen MR) is 157 cm³/mol. The molecule has 0 spiro atoms. The fraction of sp³-hybridized carbons (Fsp3) is 0.310. The fourth-order valence-corrected chi connectivity index (χ4v) is 4.07. The number of nitrogens with two attached hydrogens (primary N) is 2. The lowest BCUT2D eigenvalue weighted by molar-refractivity contribution is -0.137. The average Bonchev–Trinajstić information content (AvgIpc) is 2.96. The zero-order valence-electron chi connectivity index (χ0n) is 23.3. The summed E-state index contributed by atoms with van der Waals surface area (Å²) in [6, 6.07) is 10.5. The number of hydrogen-bond donors (Lipinski definition) is 5. The molecule has 7 N–H and O–H groups in total. The van der Waals surface area contributed by atoms with Gasteiger partial charge in [0.2, 0.25) is 0 Å². The van der Waals surface area contributed by atoms with Crippen molar-refractivity contribution < 1.29 is 18.0 Å². The molecule has 1 aliphatic heterocycles. The van der Waals surface area contributed by atoms with Gasteiger partial charge in [0.15, 0.2) is 0 Å². The number of nitrogens with one attached hydrogen (secondary N) is 3. The highest BCUT2D eigenvalue weighted by Gasteiger charge is 2.30. The molecule has 0 unspecified atom stereocenters. The van der Waals surface area contributed by atoms with E-state index in [9.17, 15) is 13.2 Å². The van der Waals surface area contributed by atoms with E-state index in [4.69, 9.17) is 15.9 Å². The third-order valence-electron chi connectivity index (χ3n) is 6.22. The first kappa shape index (κ1) is 32.7. The Kier molecular flexibility index (Phi) is 12.3. The molecule has 41 heavy (non-hydrogen) atoms. The van der Waals surface area contributed by atoms with Crippen LogP contribution < -0.4 is 22.1 Å². The van der Waals surface area contributed by atoms with Crippen LogP contribution in [0.5, 0.6) is 0 Å². The van der Waals surface area contributed by atoms with Gasteiger partial charge in [0.05, 0.1) is 11.1 Å². The summed E-state index contributed by atoms with van der Waals surface area (Å²) in [6.45, 7) is 5.80. The molecule has 9 nitrogen and oxygen atoms in total. The number of alkyl halides is 3. The minimum absolute atomic E-state index is 0.0239. The number of carbonyl (C=O) groups is 1. The Morgan fingerprint density at radius 1 is 1.10 bits per heavy atom. The van der Waals surface area contributed by atoms with Crippen molar-refractivity contribution in [1.82, 2.24) is 14.9 Å². The Hall–Kier alpha value is -4.47. The molecule has 2 heterocycles. The highest BCUT2D eigenvalue weighted by molar-refractivity contribution is 6.16. The third-order valence-corrected chi connectivity index (χ3v) is 6.22. The number of rotatable bonds is 5. The number of anilines is 4. The summed E-state index contributed by atoms with van der Waals surface area (Å²) in [4.78, 5) is 18.6. The smallest absolute Gasteiger partial charge is 0.383 e. The predicted octanol–water partition coefficient (Wildman–Crippen LogP) is 4.45. The number of piperidine rings is 1. The average molecular weight is 569 g/mol. The molecule has 0 amide bonds. The van der Waals surface area contributed by atoms with Crippen LogP contribution in [0, 0.1) is 24.2 Å². The van der Waals surface area contributed by atoms with Crippen LogP contribution >= 0.6 is 0 Å². The number of carbonyl (C=O) groups excluding carboxylic acids is 1. The molecule has 2 aromatic carbocycles. The van der Waals surface area contributed by atoms with Crippen LogP contribution in [0.1, 0.15) is 35.1 Å². The maximum Gasteiger partial charge on any atom is 0.416 e. The van der Waals surface area contributed by atoms with Crippen LogP contribution in [0.25, 0.3) is 0 Å². The summed E-state index contributed by atoms with van der Waals surface area (Å²) in [5.41, 5.74) is 12.6. The van der Waals surface area contributed by atoms with Crippen LogP contribution in [-0.2, 0) is 11.0 Å². The Balaban J connectivity index is 0.00000141. The lowest BCUT2D eigenvalue weighted by Crippen LogP contribution is -2.37. The first-order valence-corrected chi connectivity index (χ1v) is 12.7. The summed E-state index contributed by atoms with van der Waals surface area (Å²) < 4.78 is 39.2. The van der Waals surface area contributed by atoms with Crippen molar-refractivity contribution in [3.63, 3.8) is 0 Å². The monoisotopic (exact) mass is 568 g/mol. The number of likely N-dealkylation sites (tertiary alicyclic amines) is 1. The van der Waals surface area contributed by atoms with Gasteiger partial charge in [-0.2, -0.15) is 13.2 Å². The molecule has 218 valence electrons. The molecule has 0 aliphatic carbocycles. The number of hydrogen-bond acceptors (Lipinski definition) is 9. The lowest BCUT2D eigenvalue weighted by atomic mass is 10.0. The van der Waals surface area contributed by atoms with E-state index < -0.39 is 11.7 Å². The number of benzene rings is 2. The molecule has 0 saturated carbocycles. The summed E-state index contributed by atoms with van der Waals surface area (Å²) in [5.74, 6) is 6.50. The fourth-order valence-electron chi connectivity index (χ4n) is 4.07. The molecule has 1 aromatic heterocycles. The molecule has 12 heteroatoms. The topological polar surface area (TPSA) is 146 Å². The second-order valence-electron chi connectivity index (χ2n) is 9.06. The molecule has 4 rings (SSSR count). The van der Waals surface area contributed by atoms with Gasteiger partial charge in [0, 0.05) is 23.0 Å². The zero-order chi connectivity index (χ0) is 30.6. The van der Waals surface area contributed by atoms with Gasteiger partial charge < -0.3 is 31.8 Å². The van der Waals surface area contributed by atoms with E-state index in [0.717, 1.165) is 43.6 Å². The molecule has 3 aromatic rings. The van der Waals surface area contributed by atoms with Crippen molar-refractivity contribution in [3.8, 4) is 11.8 Å². The molecule has 1 saturated heterocycles. The standard InChI is InChI=1S/C27H28F3N7.CH5N.CH2O/c1-17-6-8-22(35-21-5-3-4-19(15-21)27(28,29)30)14-18(17)7-9-23(31)24-25(32)33-16-34-26(24)36-20-10-12-37(2)13-11-20;2*1-2/h3-6,8,14-16,20,31,35H,10-13H2,1-2H3,(H3,32,33,34,36);2H2,1H3;1H2. The van der Waals surface area contributed by atoms with Gasteiger partial charge in [-0.05, 0) is 88.8 Å². The van der Waals surface area contributed by atoms with Crippen molar-refractivity contribution in [2.45, 2.75) is 32.0 Å². The van der Waals surface area contributed by atoms with E-state index in [2.05, 4.69) is 50.1 Å². The highest BCUT2D eigenvalue weighted by Crippen LogP contribution is 2.31. The van der Waals surface area contributed by atoms with Crippen LogP contribution in [0.4, 0.5) is 36.2 Å². The Labute approximate surface area is 238 Å². The first-order valence-electron chi connectivity index (χ1n) is 12.7. The number of aryl methyl sites for hydroxylation is 1. The summed E-state index contributed by atoms with van der Waals surface area (Å²) in [6.07, 6.45) is -1.16. The van der Waals surface area contributed by atoms with E-state index in [1.54, 1.807) is 18.2 Å². The molecule has 0 bridgehead atoms. The summed E-state index contributed by atoms with van der Waals surface area (Å²) >= 11 is 0. The normalized spacial score (nSPS) is 13.3. The lowest BCUT2D eigenvalue weighted by Gasteiger charge is -2.30. The van der Waals surface area contributed by atoms with Gasteiger partial charge in [0.1, 0.15) is 30.5 Å². The molecule has 1 aliphatic rings. The molecule has 0 atom stereocenters. The minimum Gasteiger partial charge on any atom is -0.383 e. The van der Waals surface area contributed by atoms with Crippen molar-refractivity contribution in [2.75, 3.05) is 43.6 Å². The van der Waals surface area contributed by atoms with Crippen molar-refractivity contribution in [3.05, 3.63) is 71.0 Å². The SMILES string of the molecule is C=O.CN.Cc1ccc(Nc2cccc(C(F)(F)F)c2)cc1C#CC(=N)c1c(N)ncnc1NC1CCN(C)CC1. The van der Waals surface area contributed by atoms with E-state index in [1.807, 2.05) is 19.8 Å². The Morgan fingerprint density at radius 3 is 2.41 bits per heavy atom. The second kappa shape index (κ2) is 15.4. The van der Waals surface area contributed by atoms with Gasteiger partial charge in [0.25, 0.3) is 0 Å². The van der Waals surface area contributed by atoms with E-state index in [0.29, 0.717) is 28.3 Å². The zero-order valence-corrected chi connectivity index (χ0v) is 23.3. The Morgan fingerprint density at radius 2 is 1.76 bits per heavy atom. The number of nitrogens with zero attached hydrogens (tertiary/aromatic N) is 3. The minimum atomic E-state index is -4.42. The maximum absolute atomic E-state index is 13.1. The third kappa shape index (κ3) is 9.30. The van der Waals surface area contributed by atoms with Gasteiger partial charge in [-0.1, -0.05) is 18.1 Å². The van der Waals surface area contributed by atoms with Crippen LogP contribution in [0.15, 0.2) is 48.8 Å². The van der Waals surface area contributed by atoms with Gasteiger partial charge >= 0.3 is 6.18 Å². The second-order valence-corrected chi connectivity index (χ2v) is 9.06. The molecular formula is C29H35F3N8O. The van der Waals surface area contributed by atoms with Gasteiger partial charge in [-0.3, -0.25) is 5.41 Å². The summed E-state index contributed by atoms with van der Waals surface area (Å²) in [5, 5.41) is 15.0. The Bertz CT molecular complexity index is 1380.